The molecule has 1 aromatic carbocycles. The molecule has 0 aromatic heterocycles. The topological polar surface area (TPSA) is 40.5 Å². The summed E-state index contributed by atoms with van der Waals surface area (Å²) < 4.78 is 0. The summed E-state index contributed by atoms with van der Waals surface area (Å²) in [6.07, 6.45) is 4.31. The van der Waals surface area contributed by atoms with Gasteiger partial charge in [-0.15, -0.1) is 0 Å². The van der Waals surface area contributed by atoms with E-state index in [4.69, 9.17) is 5.11 Å². The summed E-state index contributed by atoms with van der Waals surface area (Å²) in [5.74, 6) is -0.406. The van der Waals surface area contributed by atoms with Crippen LogP contribution in [0, 0.1) is 5.92 Å². The molecule has 0 aliphatic carbocycles. The van der Waals surface area contributed by atoms with Gasteiger partial charge in [-0.2, -0.15) is 0 Å². The maximum absolute atomic E-state index is 11.0. The number of hydrogen-bond donors (Lipinski definition) is 1. The molecular formula is C17H25NO2. The molecule has 110 valence electrons. The number of aliphatic carboxylic acids is 1. The van der Waals surface area contributed by atoms with Crippen molar-refractivity contribution in [2.24, 2.45) is 5.92 Å². The van der Waals surface area contributed by atoms with Crippen LogP contribution in [0.1, 0.15) is 43.2 Å². The van der Waals surface area contributed by atoms with Crippen molar-refractivity contribution in [2.75, 3.05) is 20.1 Å². The molecule has 1 fully saturated rings. The average molecular weight is 275 g/mol. The van der Waals surface area contributed by atoms with Crippen LogP contribution in [0.2, 0.25) is 0 Å². The molecule has 2 atom stereocenters. The van der Waals surface area contributed by atoms with E-state index in [1.807, 2.05) is 6.07 Å². The second-order valence-electron chi connectivity index (χ2n) is 6.12. The van der Waals surface area contributed by atoms with Crippen molar-refractivity contribution >= 4 is 5.97 Å². The van der Waals surface area contributed by atoms with Crippen LogP contribution < -0.4 is 0 Å². The lowest BCUT2D eigenvalue weighted by Crippen LogP contribution is -2.18. The number of nitrogens with zero attached hydrogens (tertiary/aromatic N) is 1. The second kappa shape index (κ2) is 6.89. The number of carboxylic acids is 1. The van der Waals surface area contributed by atoms with Crippen LogP contribution in [-0.4, -0.2) is 36.1 Å². The van der Waals surface area contributed by atoms with Crippen molar-refractivity contribution in [3.8, 4) is 0 Å². The third-order valence-corrected chi connectivity index (χ3v) is 4.34. The van der Waals surface area contributed by atoms with Gasteiger partial charge in [0.1, 0.15) is 0 Å². The molecule has 0 amide bonds. The first-order chi connectivity index (χ1) is 9.56. The highest BCUT2D eigenvalue weighted by atomic mass is 16.4. The van der Waals surface area contributed by atoms with E-state index in [0.717, 1.165) is 12.1 Å². The zero-order chi connectivity index (χ0) is 14.5. The Bertz CT molecular complexity index is 458. The molecule has 1 aliphatic heterocycles. The summed E-state index contributed by atoms with van der Waals surface area (Å²) in [7, 11) is 2.19. The zero-order valence-corrected chi connectivity index (χ0v) is 12.5. The maximum Gasteiger partial charge on any atom is 0.306 e. The largest absolute Gasteiger partial charge is 0.481 e. The number of benzene rings is 1. The first kappa shape index (κ1) is 15.0. The molecular weight excluding hydrogens is 250 g/mol. The monoisotopic (exact) mass is 275 g/mol. The Kier molecular flexibility index (Phi) is 5.18. The van der Waals surface area contributed by atoms with Crippen LogP contribution in [0.15, 0.2) is 24.3 Å². The average Bonchev–Trinajstić information content (AvgIpc) is 2.64. The standard InChI is InChI=1S/C17H25NO2/c1-13(17(19)20)11-14-5-3-6-16(12-14)15-7-4-9-18(2)10-8-15/h3,5-6,12-13,15H,4,7-11H2,1-2H3,(H,19,20). The lowest BCUT2D eigenvalue weighted by atomic mass is 9.89. The van der Waals surface area contributed by atoms with Crippen molar-refractivity contribution < 1.29 is 9.90 Å². The molecule has 1 heterocycles. The number of likely N-dealkylation sites (tertiary alicyclic amines) is 1. The number of rotatable bonds is 4. The van der Waals surface area contributed by atoms with Crippen LogP contribution in [0.25, 0.3) is 0 Å². The Morgan fingerprint density at radius 1 is 1.40 bits per heavy atom. The van der Waals surface area contributed by atoms with Gasteiger partial charge in [0.15, 0.2) is 0 Å². The number of carbonyl (C=O) groups is 1. The SMILES string of the molecule is CC(Cc1cccc(C2CCCN(C)CC2)c1)C(=O)O. The van der Waals surface area contributed by atoms with Crippen LogP contribution >= 0.6 is 0 Å². The van der Waals surface area contributed by atoms with Crippen molar-refractivity contribution in [1.29, 1.82) is 0 Å². The minimum atomic E-state index is -0.716. The predicted molar refractivity (Wildman–Crippen MR) is 81.0 cm³/mol. The fourth-order valence-corrected chi connectivity index (χ4v) is 2.99. The second-order valence-corrected chi connectivity index (χ2v) is 6.12. The summed E-state index contributed by atoms with van der Waals surface area (Å²) in [4.78, 5) is 13.4. The third-order valence-electron chi connectivity index (χ3n) is 4.34. The molecule has 0 radical (unpaired) electrons. The van der Waals surface area contributed by atoms with Gasteiger partial charge in [0.05, 0.1) is 5.92 Å². The van der Waals surface area contributed by atoms with Crippen LogP contribution in [0.4, 0.5) is 0 Å². The van der Waals surface area contributed by atoms with Crippen LogP contribution in [0.5, 0.6) is 0 Å². The molecule has 0 spiro atoms. The van der Waals surface area contributed by atoms with Gasteiger partial charge in [-0.05, 0) is 62.9 Å². The molecule has 2 unspecified atom stereocenters. The van der Waals surface area contributed by atoms with Gasteiger partial charge in [0.25, 0.3) is 0 Å². The van der Waals surface area contributed by atoms with E-state index >= 15 is 0 Å². The third kappa shape index (κ3) is 4.07. The molecule has 1 aliphatic rings. The summed E-state index contributed by atoms with van der Waals surface area (Å²) in [6.45, 7) is 4.11. The van der Waals surface area contributed by atoms with Crippen molar-refractivity contribution in [1.82, 2.24) is 4.90 Å². The smallest absolute Gasteiger partial charge is 0.306 e. The summed E-state index contributed by atoms with van der Waals surface area (Å²) in [5.41, 5.74) is 2.53. The molecule has 2 rings (SSSR count). The molecule has 0 bridgehead atoms. The Hall–Kier alpha value is -1.35. The maximum atomic E-state index is 11.0. The van der Waals surface area contributed by atoms with Crippen molar-refractivity contribution in [2.45, 2.75) is 38.5 Å². The Morgan fingerprint density at radius 2 is 2.20 bits per heavy atom. The van der Waals surface area contributed by atoms with E-state index in [1.54, 1.807) is 6.92 Å². The van der Waals surface area contributed by atoms with E-state index in [1.165, 1.54) is 31.4 Å². The highest BCUT2D eigenvalue weighted by Crippen LogP contribution is 2.28. The van der Waals surface area contributed by atoms with E-state index < -0.39 is 5.97 Å². The minimum absolute atomic E-state index is 0.314. The zero-order valence-electron chi connectivity index (χ0n) is 12.5. The van der Waals surface area contributed by atoms with Gasteiger partial charge >= 0.3 is 5.97 Å². The highest BCUT2D eigenvalue weighted by molar-refractivity contribution is 5.69. The summed E-state index contributed by atoms with van der Waals surface area (Å²) in [5, 5.41) is 9.02. The summed E-state index contributed by atoms with van der Waals surface area (Å²) in [6, 6.07) is 8.54. The Balaban J connectivity index is 2.07. The molecule has 3 heteroatoms. The highest BCUT2D eigenvalue weighted by Gasteiger charge is 2.17. The van der Waals surface area contributed by atoms with Gasteiger partial charge in [0.2, 0.25) is 0 Å². The normalized spacial score (nSPS) is 22.2. The van der Waals surface area contributed by atoms with Gasteiger partial charge in [0, 0.05) is 0 Å². The molecule has 20 heavy (non-hydrogen) atoms. The van der Waals surface area contributed by atoms with Crippen LogP contribution in [0.3, 0.4) is 0 Å². The van der Waals surface area contributed by atoms with Crippen LogP contribution in [-0.2, 0) is 11.2 Å². The number of carboxylic acid groups (broad SMARTS) is 1. The van der Waals surface area contributed by atoms with Gasteiger partial charge in [-0.25, -0.2) is 0 Å². The van der Waals surface area contributed by atoms with E-state index in [0.29, 0.717) is 12.3 Å². The van der Waals surface area contributed by atoms with E-state index in [2.05, 4.69) is 30.1 Å². The minimum Gasteiger partial charge on any atom is -0.481 e. The van der Waals surface area contributed by atoms with Gasteiger partial charge in [-0.1, -0.05) is 31.2 Å². The molecule has 1 saturated heterocycles. The fourth-order valence-electron chi connectivity index (χ4n) is 2.99. The lowest BCUT2D eigenvalue weighted by molar-refractivity contribution is -0.141. The van der Waals surface area contributed by atoms with Crippen molar-refractivity contribution in [3.63, 3.8) is 0 Å². The van der Waals surface area contributed by atoms with Gasteiger partial charge in [-0.3, -0.25) is 4.79 Å². The first-order valence-corrected chi connectivity index (χ1v) is 7.56. The quantitative estimate of drug-likeness (QED) is 0.917. The molecule has 1 aromatic rings. The van der Waals surface area contributed by atoms with Crippen molar-refractivity contribution in [3.05, 3.63) is 35.4 Å². The van der Waals surface area contributed by atoms with E-state index in [9.17, 15) is 4.79 Å². The number of hydrogen-bond acceptors (Lipinski definition) is 2. The van der Waals surface area contributed by atoms with E-state index in [-0.39, 0.29) is 5.92 Å². The molecule has 1 N–H and O–H groups in total. The molecule has 0 saturated carbocycles. The van der Waals surface area contributed by atoms with Gasteiger partial charge < -0.3 is 10.0 Å². The molecule has 3 nitrogen and oxygen atoms in total. The Labute approximate surface area is 121 Å². The summed E-state index contributed by atoms with van der Waals surface area (Å²) >= 11 is 0. The lowest BCUT2D eigenvalue weighted by Gasteiger charge is -2.17. The Morgan fingerprint density at radius 3 is 2.95 bits per heavy atom. The first-order valence-electron chi connectivity index (χ1n) is 7.56. The predicted octanol–water partition coefficient (Wildman–Crippen LogP) is 3.15. The fraction of sp³-hybridized carbons (Fsp3) is 0.588.